The summed E-state index contributed by atoms with van der Waals surface area (Å²) >= 11 is 0. The van der Waals surface area contributed by atoms with Gasteiger partial charge in [0.05, 0.1) is 18.8 Å². The summed E-state index contributed by atoms with van der Waals surface area (Å²) < 4.78 is 7.50. The molecule has 0 spiro atoms. The lowest BCUT2D eigenvalue weighted by Crippen LogP contribution is -2.49. The Labute approximate surface area is 176 Å². The summed E-state index contributed by atoms with van der Waals surface area (Å²) in [5, 5.41) is 11.6. The van der Waals surface area contributed by atoms with Crippen LogP contribution in [0.25, 0.3) is 11.0 Å². The molecular formula is C20H29N9O. The second kappa shape index (κ2) is 9.31. The van der Waals surface area contributed by atoms with Crippen LogP contribution in [0.4, 0.5) is 17.6 Å². The van der Waals surface area contributed by atoms with Crippen molar-refractivity contribution in [2.24, 2.45) is 0 Å². The third-order valence-corrected chi connectivity index (χ3v) is 5.11. The second-order valence-corrected chi connectivity index (χ2v) is 7.31. The average Bonchev–Trinajstić information content (AvgIpc) is 3.13. The van der Waals surface area contributed by atoms with Gasteiger partial charge in [-0.1, -0.05) is 6.92 Å². The Balaban J connectivity index is 1.80. The molecule has 0 amide bonds. The van der Waals surface area contributed by atoms with Gasteiger partial charge in [-0.05, 0) is 26.3 Å². The van der Waals surface area contributed by atoms with E-state index in [0.717, 1.165) is 42.8 Å². The van der Waals surface area contributed by atoms with Gasteiger partial charge in [-0.15, -0.1) is 0 Å². The average molecular weight is 412 g/mol. The number of piperazine rings is 1. The smallest absolute Gasteiger partial charge is 0.228 e. The van der Waals surface area contributed by atoms with Crippen molar-refractivity contribution in [1.29, 1.82) is 0 Å². The van der Waals surface area contributed by atoms with Crippen LogP contribution in [0.5, 0.6) is 0 Å². The van der Waals surface area contributed by atoms with E-state index in [1.807, 2.05) is 17.7 Å². The highest BCUT2D eigenvalue weighted by molar-refractivity contribution is 5.90. The van der Waals surface area contributed by atoms with E-state index in [4.69, 9.17) is 19.8 Å². The summed E-state index contributed by atoms with van der Waals surface area (Å²) in [4.78, 5) is 20.4. The monoisotopic (exact) mass is 411 g/mol. The van der Waals surface area contributed by atoms with Crippen molar-refractivity contribution in [1.82, 2.24) is 35.0 Å². The third-order valence-electron chi connectivity index (χ3n) is 5.11. The summed E-state index contributed by atoms with van der Waals surface area (Å²) in [6, 6.07) is 2.21. The van der Waals surface area contributed by atoms with Crippen molar-refractivity contribution in [2.75, 3.05) is 43.1 Å². The fourth-order valence-corrected chi connectivity index (χ4v) is 3.66. The summed E-state index contributed by atoms with van der Waals surface area (Å²) in [5.41, 5.74) is 2.71. The maximum Gasteiger partial charge on any atom is 0.228 e. The van der Waals surface area contributed by atoms with Crippen molar-refractivity contribution < 1.29 is 4.74 Å². The molecule has 0 radical (unpaired) electrons. The molecule has 1 atom stereocenters. The first-order valence-corrected chi connectivity index (χ1v) is 10.6. The Morgan fingerprint density at radius 2 is 2.20 bits per heavy atom. The molecule has 4 heterocycles. The summed E-state index contributed by atoms with van der Waals surface area (Å²) in [7, 11) is 0. The molecule has 3 aromatic heterocycles. The van der Waals surface area contributed by atoms with Gasteiger partial charge in [0.15, 0.2) is 5.82 Å². The Bertz CT molecular complexity index is 975. The maximum atomic E-state index is 5.56. The van der Waals surface area contributed by atoms with E-state index >= 15 is 0 Å². The van der Waals surface area contributed by atoms with Crippen LogP contribution in [-0.2, 0) is 17.7 Å². The molecule has 10 heteroatoms. The lowest BCUT2D eigenvalue weighted by Gasteiger charge is -2.32. The molecule has 1 unspecified atom stereocenters. The predicted molar refractivity (Wildman–Crippen MR) is 116 cm³/mol. The minimum absolute atomic E-state index is 0.385. The number of hydrogen-bond donors (Lipinski definition) is 2. The largest absolute Gasteiger partial charge is 0.380 e. The molecule has 0 aromatic carbocycles. The number of fused-ring (bicyclic) bond motifs is 1. The molecule has 30 heavy (non-hydrogen) atoms. The van der Waals surface area contributed by atoms with Crippen LogP contribution in [0.1, 0.15) is 26.5 Å². The molecule has 1 fully saturated rings. The molecule has 1 aliphatic heterocycles. The van der Waals surface area contributed by atoms with Gasteiger partial charge in [0.1, 0.15) is 23.2 Å². The molecule has 160 valence electrons. The van der Waals surface area contributed by atoms with E-state index in [9.17, 15) is 0 Å². The Hall–Kier alpha value is -2.85. The second-order valence-electron chi connectivity index (χ2n) is 7.31. The summed E-state index contributed by atoms with van der Waals surface area (Å²) in [6.07, 6.45) is 4.01. The van der Waals surface area contributed by atoms with Crippen molar-refractivity contribution in [2.45, 2.75) is 39.8 Å². The van der Waals surface area contributed by atoms with E-state index in [2.05, 4.69) is 39.3 Å². The van der Waals surface area contributed by atoms with E-state index in [1.54, 1.807) is 6.20 Å². The highest BCUT2D eigenvalue weighted by atomic mass is 16.5. The molecule has 10 nitrogen and oxygen atoms in total. The number of rotatable bonds is 8. The Morgan fingerprint density at radius 1 is 1.30 bits per heavy atom. The van der Waals surface area contributed by atoms with Gasteiger partial charge >= 0.3 is 0 Å². The van der Waals surface area contributed by atoms with Crippen LogP contribution in [0.2, 0.25) is 0 Å². The SMILES string of the molecule is CCOCCn1nc(CC)c2nc(N3CCNC(C)C3)nc(Nc3ccncn3)c21. The van der Waals surface area contributed by atoms with Crippen molar-refractivity contribution in [3.8, 4) is 0 Å². The van der Waals surface area contributed by atoms with Crippen LogP contribution in [-0.4, -0.2) is 68.6 Å². The molecule has 0 bridgehead atoms. The van der Waals surface area contributed by atoms with E-state index in [-0.39, 0.29) is 0 Å². The van der Waals surface area contributed by atoms with Gasteiger partial charge in [-0.2, -0.15) is 10.1 Å². The molecular weight excluding hydrogens is 382 g/mol. The number of aryl methyl sites for hydroxylation is 1. The van der Waals surface area contributed by atoms with Crippen LogP contribution >= 0.6 is 0 Å². The first-order valence-electron chi connectivity index (χ1n) is 10.6. The standard InChI is InChI=1S/C20H29N9O/c1-4-15-17-18(29(27-15)10-11-30-5-2)19(24-16-6-7-21-13-23-16)26-20(25-17)28-9-8-22-14(3)12-28/h6-7,13-14,22H,4-5,8-12H2,1-3H3,(H,21,23,24,25,26). The van der Waals surface area contributed by atoms with E-state index in [0.29, 0.717) is 43.4 Å². The number of aromatic nitrogens is 6. The Morgan fingerprint density at radius 3 is 2.93 bits per heavy atom. The minimum Gasteiger partial charge on any atom is -0.380 e. The van der Waals surface area contributed by atoms with Crippen molar-refractivity contribution >= 4 is 28.6 Å². The van der Waals surface area contributed by atoms with Gasteiger partial charge in [0.25, 0.3) is 0 Å². The lowest BCUT2D eigenvalue weighted by molar-refractivity contribution is 0.137. The zero-order valence-electron chi connectivity index (χ0n) is 17.8. The molecule has 1 aliphatic rings. The van der Waals surface area contributed by atoms with Crippen LogP contribution in [0.15, 0.2) is 18.6 Å². The highest BCUT2D eigenvalue weighted by Gasteiger charge is 2.23. The number of hydrogen-bond acceptors (Lipinski definition) is 9. The van der Waals surface area contributed by atoms with E-state index < -0.39 is 0 Å². The van der Waals surface area contributed by atoms with Gasteiger partial charge < -0.3 is 20.3 Å². The van der Waals surface area contributed by atoms with Gasteiger partial charge in [-0.25, -0.2) is 15.0 Å². The first kappa shape index (κ1) is 20.4. The van der Waals surface area contributed by atoms with Crippen LogP contribution in [0, 0.1) is 0 Å². The van der Waals surface area contributed by atoms with Crippen LogP contribution < -0.4 is 15.5 Å². The third kappa shape index (κ3) is 4.34. The normalized spacial score (nSPS) is 16.9. The van der Waals surface area contributed by atoms with Crippen molar-refractivity contribution in [3.05, 3.63) is 24.3 Å². The Kier molecular flexibility index (Phi) is 6.34. The number of ether oxygens (including phenoxy) is 1. The lowest BCUT2D eigenvalue weighted by atomic mass is 10.2. The fourth-order valence-electron chi connectivity index (χ4n) is 3.66. The molecule has 3 aromatic rings. The van der Waals surface area contributed by atoms with Crippen LogP contribution in [0.3, 0.4) is 0 Å². The number of anilines is 3. The fraction of sp³-hybridized carbons (Fsp3) is 0.550. The molecule has 1 saturated heterocycles. The summed E-state index contributed by atoms with van der Waals surface area (Å²) in [5.74, 6) is 2.09. The topological polar surface area (TPSA) is 106 Å². The first-order chi connectivity index (χ1) is 14.7. The maximum absolute atomic E-state index is 5.56. The zero-order chi connectivity index (χ0) is 20.9. The number of nitrogens with one attached hydrogen (secondary N) is 2. The van der Waals surface area contributed by atoms with Crippen molar-refractivity contribution in [3.63, 3.8) is 0 Å². The van der Waals surface area contributed by atoms with Gasteiger partial charge in [0, 0.05) is 38.5 Å². The van der Waals surface area contributed by atoms with Gasteiger partial charge in [-0.3, -0.25) is 4.68 Å². The highest BCUT2D eigenvalue weighted by Crippen LogP contribution is 2.29. The number of nitrogens with zero attached hydrogens (tertiary/aromatic N) is 7. The molecule has 0 saturated carbocycles. The molecule has 0 aliphatic carbocycles. The van der Waals surface area contributed by atoms with Gasteiger partial charge in [0.2, 0.25) is 5.95 Å². The molecule has 4 rings (SSSR count). The summed E-state index contributed by atoms with van der Waals surface area (Å²) in [6.45, 7) is 10.8. The zero-order valence-corrected chi connectivity index (χ0v) is 17.8. The quantitative estimate of drug-likeness (QED) is 0.536. The van der Waals surface area contributed by atoms with E-state index in [1.165, 1.54) is 6.33 Å². The predicted octanol–water partition coefficient (Wildman–Crippen LogP) is 1.76. The minimum atomic E-state index is 0.385. The molecule has 2 N–H and O–H groups in total.